The fourth-order valence-corrected chi connectivity index (χ4v) is 4.20. The minimum Gasteiger partial charge on any atom is -0.490 e. The van der Waals surface area contributed by atoms with E-state index in [1.807, 2.05) is 48.7 Å². The van der Waals surface area contributed by atoms with Crippen LogP contribution in [0, 0.1) is 11.3 Å². The van der Waals surface area contributed by atoms with E-state index in [1.165, 1.54) is 0 Å². The molecular weight excluding hydrogens is 508 g/mol. The zero-order chi connectivity index (χ0) is 27.9. The Morgan fingerprint density at radius 2 is 1.90 bits per heavy atom. The molecule has 3 heterocycles. The van der Waals surface area contributed by atoms with Gasteiger partial charge in [-0.2, -0.15) is 15.5 Å². The van der Waals surface area contributed by atoms with Crippen molar-refractivity contribution < 1.29 is 14.3 Å². The molecule has 0 aliphatic carbocycles. The molecule has 5 rings (SSSR count). The summed E-state index contributed by atoms with van der Waals surface area (Å²) in [7, 11) is 1.58. The average molecular weight is 537 g/mol. The number of carbonyl (C=O) groups excluding carboxylic acids is 1. The maximum absolute atomic E-state index is 12.1. The lowest BCUT2D eigenvalue weighted by molar-refractivity contribution is -0.122. The number of nitriles is 1. The first kappa shape index (κ1) is 26.6. The van der Waals surface area contributed by atoms with Crippen molar-refractivity contribution in [2.24, 2.45) is 5.73 Å². The molecule has 0 aliphatic rings. The van der Waals surface area contributed by atoms with Crippen LogP contribution in [-0.4, -0.2) is 57.2 Å². The highest BCUT2D eigenvalue weighted by Crippen LogP contribution is 2.30. The molecule has 0 aliphatic heterocycles. The first-order valence-electron chi connectivity index (χ1n) is 12.7. The third-order valence-electron chi connectivity index (χ3n) is 6.32. The Labute approximate surface area is 230 Å². The minimum atomic E-state index is -0.331. The lowest BCUT2D eigenvalue weighted by Gasteiger charge is -2.15. The number of aromatic nitrogens is 5. The number of fused-ring (bicyclic) bond motifs is 1. The Balaban J connectivity index is 1.33. The first-order valence-corrected chi connectivity index (χ1v) is 12.7. The Bertz CT molecular complexity index is 1660. The van der Waals surface area contributed by atoms with Crippen LogP contribution < -0.4 is 15.8 Å². The molecule has 3 aromatic heterocycles. The summed E-state index contributed by atoms with van der Waals surface area (Å²) in [6, 6.07) is 16.9. The Hall–Kier alpha value is -5.05. The van der Waals surface area contributed by atoms with Gasteiger partial charge >= 0.3 is 0 Å². The zero-order valence-electron chi connectivity index (χ0n) is 21.9. The third-order valence-corrected chi connectivity index (χ3v) is 6.32. The van der Waals surface area contributed by atoms with Crippen molar-refractivity contribution in [2.45, 2.75) is 12.6 Å². The van der Waals surface area contributed by atoms with Gasteiger partial charge < -0.3 is 20.5 Å². The standard InChI is InChI=1S/C29H28N8O3/c1-39-10-9-32-28(38)18-36-16-24(14-34-36)23-13-33-29-25(15-35-37(29)17-23)21-7-8-22(12-30)27(11-21)40-19-26(31)20-5-3-2-4-6-20/h2-8,11,13-17,26H,9-10,18-19,31H2,1H3,(H,32,38). The molecule has 11 nitrogen and oxygen atoms in total. The number of nitrogens with zero attached hydrogens (tertiary/aromatic N) is 6. The van der Waals surface area contributed by atoms with Gasteiger partial charge in [0.05, 0.1) is 30.6 Å². The van der Waals surface area contributed by atoms with Crippen molar-refractivity contribution in [3.63, 3.8) is 0 Å². The van der Waals surface area contributed by atoms with E-state index < -0.39 is 0 Å². The van der Waals surface area contributed by atoms with Gasteiger partial charge in [-0.25, -0.2) is 9.50 Å². The van der Waals surface area contributed by atoms with Gasteiger partial charge in [-0.1, -0.05) is 36.4 Å². The van der Waals surface area contributed by atoms with Gasteiger partial charge in [-0.3, -0.25) is 9.48 Å². The van der Waals surface area contributed by atoms with Crippen LogP contribution in [-0.2, 0) is 16.1 Å². The number of nitrogens with two attached hydrogens (primary N) is 1. The SMILES string of the molecule is COCCNC(=O)Cn1cc(-c2cnc3c(-c4ccc(C#N)c(OCC(N)c5ccccc5)c4)cnn3c2)cn1. The van der Waals surface area contributed by atoms with Crippen LogP contribution in [0.15, 0.2) is 79.5 Å². The van der Waals surface area contributed by atoms with Crippen molar-refractivity contribution in [3.05, 3.63) is 90.6 Å². The highest BCUT2D eigenvalue weighted by atomic mass is 16.5. The number of benzene rings is 2. The Morgan fingerprint density at radius 3 is 2.70 bits per heavy atom. The fraction of sp³-hybridized carbons (Fsp3) is 0.207. The molecule has 40 heavy (non-hydrogen) atoms. The summed E-state index contributed by atoms with van der Waals surface area (Å²) in [5.74, 6) is 0.297. The topological polar surface area (TPSA) is 145 Å². The summed E-state index contributed by atoms with van der Waals surface area (Å²) in [4.78, 5) is 16.7. The number of amides is 1. The van der Waals surface area contributed by atoms with Gasteiger partial charge in [0.2, 0.25) is 5.91 Å². The molecule has 5 aromatic rings. The summed E-state index contributed by atoms with van der Waals surface area (Å²) in [6.07, 6.45) is 8.78. The summed E-state index contributed by atoms with van der Waals surface area (Å²) < 4.78 is 14.2. The number of ether oxygens (including phenoxy) is 2. The Kier molecular flexibility index (Phi) is 8.10. The van der Waals surface area contributed by atoms with Crippen LogP contribution in [0.5, 0.6) is 5.75 Å². The fourth-order valence-electron chi connectivity index (χ4n) is 4.20. The van der Waals surface area contributed by atoms with Crippen LogP contribution >= 0.6 is 0 Å². The van der Waals surface area contributed by atoms with Crippen molar-refractivity contribution in [1.29, 1.82) is 5.26 Å². The van der Waals surface area contributed by atoms with Gasteiger partial charge in [0.15, 0.2) is 5.65 Å². The van der Waals surface area contributed by atoms with Crippen LogP contribution in [0.25, 0.3) is 27.9 Å². The van der Waals surface area contributed by atoms with Crippen LogP contribution in [0.4, 0.5) is 0 Å². The smallest absolute Gasteiger partial charge is 0.241 e. The van der Waals surface area contributed by atoms with E-state index in [0.717, 1.165) is 27.8 Å². The minimum absolute atomic E-state index is 0.102. The van der Waals surface area contributed by atoms with E-state index in [4.69, 9.17) is 15.2 Å². The molecule has 0 spiro atoms. The molecule has 0 fully saturated rings. The third kappa shape index (κ3) is 5.99. The van der Waals surface area contributed by atoms with Gasteiger partial charge in [0.1, 0.15) is 25.0 Å². The monoisotopic (exact) mass is 536 g/mol. The summed E-state index contributed by atoms with van der Waals surface area (Å²) in [5, 5.41) is 21.2. The van der Waals surface area contributed by atoms with Gasteiger partial charge in [-0.05, 0) is 23.3 Å². The number of methoxy groups -OCH3 is 1. The molecule has 11 heteroatoms. The van der Waals surface area contributed by atoms with E-state index in [-0.39, 0.29) is 25.1 Å². The first-order chi connectivity index (χ1) is 19.6. The largest absolute Gasteiger partial charge is 0.490 e. The maximum Gasteiger partial charge on any atom is 0.241 e. The van der Waals surface area contributed by atoms with Crippen LogP contribution in [0.2, 0.25) is 0 Å². The van der Waals surface area contributed by atoms with Crippen molar-refractivity contribution in [1.82, 2.24) is 29.7 Å². The van der Waals surface area contributed by atoms with Crippen molar-refractivity contribution in [3.8, 4) is 34.1 Å². The second-order valence-corrected chi connectivity index (χ2v) is 9.09. The highest BCUT2D eigenvalue weighted by molar-refractivity contribution is 5.79. The second kappa shape index (κ2) is 12.2. The molecule has 3 N–H and O–H groups in total. The lowest BCUT2D eigenvalue weighted by Crippen LogP contribution is -2.30. The number of hydrogen-bond acceptors (Lipinski definition) is 8. The van der Waals surface area contributed by atoms with Crippen molar-refractivity contribution in [2.75, 3.05) is 26.9 Å². The molecule has 0 bridgehead atoms. The lowest BCUT2D eigenvalue weighted by atomic mass is 10.1. The van der Waals surface area contributed by atoms with E-state index in [0.29, 0.717) is 30.1 Å². The number of rotatable bonds is 11. The zero-order valence-corrected chi connectivity index (χ0v) is 21.9. The average Bonchev–Trinajstić information content (AvgIpc) is 3.63. The molecule has 0 saturated heterocycles. The molecule has 0 saturated carbocycles. The molecule has 1 unspecified atom stereocenters. The predicted molar refractivity (Wildman–Crippen MR) is 148 cm³/mol. The summed E-state index contributed by atoms with van der Waals surface area (Å²) in [6.45, 7) is 1.22. The normalized spacial score (nSPS) is 11.7. The van der Waals surface area contributed by atoms with E-state index in [2.05, 4.69) is 26.6 Å². The maximum atomic E-state index is 12.1. The van der Waals surface area contributed by atoms with E-state index in [9.17, 15) is 10.1 Å². The van der Waals surface area contributed by atoms with Crippen LogP contribution in [0.3, 0.4) is 0 Å². The molecule has 2 aromatic carbocycles. The van der Waals surface area contributed by atoms with Crippen LogP contribution in [0.1, 0.15) is 17.2 Å². The molecule has 202 valence electrons. The van der Waals surface area contributed by atoms with Crippen molar-refractivity contribution >= 4 is 11.6 Å². The highest BCUT2D eigenvalue weighted by Gasteiger charge is 2.15. The predicted octanol–water partition coefficient (Wildman–Crippen LogP) is 2.97. The molecule has 1 amide bonds. The second-order valence-electron chi connectivity index (χ2n) is 9.09. The quantitative estimate of drug-likeness (QED) is 0.245. The van der Waals surface area contributed by atoms with E-state index >= 15 is 0 Å². The molecule has 1 atom stereocenters. The number of carbonyl (C=O) groups is 1. The summed E-state index contributed by atoms with van der Waals surface area (Å²) in [5.41, 5.74) is 11.5. The van der Waals surface area contributed by atoms with Gasteiger partial charge in [0.25, 0.3) is 0 Å². The van der Waals surface area contributed by atoms with Gasteiger partial charge in [-0.15, -0.1) is 0 Å². The molecular formula is C29H28N8O3. The Morgan fingerprint density at radius 1 is 1.07 bits per heavy atom. The number of hydrogen-bond donors (Lipinski definition) is 2. The number of nitrogens with one attached hydrogen (secondary N) is 1. The summed E-state index contributed by atoms with van der Waals surface area (Å²) >= 11 is 0. The van der Waals surface area contributed by atoms with Gasteiger partial charge in [0, 0.05) is 48.9 Å². The molecule has 0 radical (unpaired) electrons. The van der Waals surface area contributed by atoms with E-state index in [1.54, 1.807) is 47.2 Å².